The van der Waals surface area contributed by atoms with Gasteiger partial charge < -0.3 is 4.74 Å². The summed E-state index contributed by atoms with van der Waals surface area (Å²) >= 11 is 0. The maximum absolute atomic E-state index is 11.2. The summed E-state index contributed by atoms with van der Waals surface area (Å²) in [5.41, 5.74) is 0. The highest BCUT2D eigenvalue weighted by atomic mass is 32.3. The maximum atomic E-state index is 11.2. The highest BCUT2D eigenvalue weighted by molar-refractivity contribution is 7.81. The number of hydrogen-bond donors (Lipinski definition) is 0. The molecule has 0 aliphatic heterocycles. The lowest BCUT2D eigenvalue weighted by molar-refractivity contribution is -0.139. The van der Waals surface area contributed by atoms with Gasteiger partial charge in [-0.1, -0.05) is 83.5 Å². The standard InChI is InChI=1S/C20H38O6S/c1-3-5-6-7-8-9-10-11-12-13-14-15-16-17-18-24-26-27(21,22)25-20-19-23-4-2/h3-16,19-20H2,1-2H3. The zero-order valence-electron chi connectivity index (χ0n) is 17.2. The van der Waals surface area contributed by atoms with E-state index in [1.807, 2.05) is 0 Å². The van der Waals surface area contributed by atoms with Gasteiger partial charge >= 0.3 is 10.4 Å². The van der Waals surface area contributed by atoms with E-state index in [1.165, 1.54) is 64.2 Å². The Hall–Kier alpha value is -0.810. The molecule has 0 heterocycles. The van der Waals surface area contributed by atoms with Crippen LogP contribution in [0.2, 0.25) is 0 Å². The average Bonchev–Trinajstić information content (AvgIpc) is 2.65. The predicted molar refractivity (Wildman–Crippen MR) is 107 cm³/mol. The Balaban J connectivity index is 3.37. The summed E-state index contributed by atoms with van der Waals surface area (Å²) < 4.78 is 36.1. The Labute approximate surface area is 166 Å². The summed E-state index contributed by atoms with van der Waals surface area (Å²) in [6, 6.07) is 0. The van der Waals surface area contributed by atoms with Crippen molar-refractivity contribution in [3.8, 4) is 12.0 Å². The van der Waals surface area contributed by atoms with Gasteiger partial charge in [0.1, 0.15) is 0 Å². The Bertz CT molecular complexity index is 467. The fraction of sp³-hybridized carbons (Fsp3) is 0.900. The smallest absolute Gasteiger partial charge is 0.379 e. The lowest BCUT2D eigenvalue weighted by atomic mass is 10.0. The molecule has 0 unspecified atom stereocenters. The molecular weight excluding hydrogens is 368 g/mol. The summed E-state index contributed by atoms with van der Waals surface area (Å²) in [5.74, 6) is 2.73. The normalized spacial score (nSPS) is 11.2. The molecule has 0 amide bonds. The van der Waals surface area contributed by atoms with Crippen molar-refractivity contribution in [2.75, 3.05) is 19.8 Å². The van der Waals surface area contributed by atoms with Crippen LogP contribution in [-0.2, 0) is 28.5 Å². The zero-order chi connectivity index (χ0) is 20.1. The van der Waals surface area contributed by atoms with Gasteiger partial charge in [0.05, 0.1) is 13.2 Å². The van der Waals surface area contributed by atoms with Crippen molar-refractivity contribution in [3.05, 3.63) is 0 Å². The van der Waals surface area contributed by atoms with E-state index < -0.39 is 10.4 Å². The Morgan fingerprint density at radius 1 is 0.741 bits per heavy atom. The molecule has 0 spiro atoms. The van der Waals surface area contributed by atoms with Crippen molar-refractivity contribution in [2.24, 2.45) is 0 Å². The summed E-state index contributed by atoms with van der Waals surface area (Å²) in [4.78, 5) is 4.35. The van der Waals surface area contributed by atoms with Crippen LogP contribution in [0, 0.1) is 12.0 Å². The summed E-state index contributed by atoms with van der Waals surface area (Å²) in [7, 11) is -4.19. The van der Waals surface area contributed by atoms with Crippen LogP contribution < -0.4 is 0 Å². The molecule has 0 fully saturated rings. The van der Waals surface area contributed by atoms with Crippen LogP contribution in [0.4, 0.5) is 0 Å². The van der Waals surface area contributed by atoms with Gasteiger partial charge in [0.2, 0.25) is 0 Å². The van der Waals surface area contributed by atoms with Gasteiger partial charge in [-0.15, -0.1) is 0 Å². The van der Waals surface area contributed by atoms with Gasteiger partial charge in [-0.25, -0.2) is 4.18 Å². The Morgan fingerprint density at radius 3 is 1.85 bits per heavy atom. The molecule has 0 saturated heterocycles. The molecule has 6 nitrogen and oxygen atoms in total. The average molecular weight is 407 g/mol. The first-order valence-electron chi connectivity index (χ1n) is 10.4. The number of unbranched alkanes of at least 4 members (excludes halogenated alkanes) is 12. The van der Waals surface area contributed by atoms with Crippen molar-refractivity contribution in [3.63, 3.8) is 0 Å². The first-order chi connectivity index (χ1) is 13.1. The van der Waals surface area contributed by atoms with Crippen LogP contribution in [0.1, 0.15) is 97.3 Å². The second kappa shape index (κ2) is 19.9. The van der Waals surface area contributed by atoms with Crippen LogP contribution in [-0.4, -0.2) is 28.2 Å². The molecule has 0 N–H and O–H groups in total. The van der Waals surface area contributed by atoms with Gasteiger partial charge in [-0.3, -0.25) is 4.89 Å². The Morgan fingerprint density at radius 2 is 1.30 bits per heavy atom. The zero-order valence-corrected chi connectivity index (χ0v) is 18.0. The van der Waals surface area contributed by atoms with Crippen molar-refractivity contribution >= 4 is 10.4 Å². The van der Waals surface area contributed by atoms with Crippen molar-refractivity contribution in [1.29, 1.82) is 0 Å². The van der Waals surface area contributed by atoms with E-state index >= 15 is 0 Å². The largest absolute Gasteiger partial charge is 0.436 e. The molecule has 0 aliphatic rings. The van der Waals surface area contributed by atoms with E-state index in [-0.39, 0.29) is 13.2 Å². The highest BCUT2D eigenvalue weighted by Crippen LogP contribution is 2.12. The van der Waals surface area contributed by atoms with E-state index in [4.69, 9.17) is 4.74 Å². The van der Waals surface area contributed by atoms with Crippen molar-refractivity contribution in [1.82, 2.24) is 0 Å². The van der Waals surface area contributed by atoms with Gasteiger partial charge in [0, 0.05) is 13.0 Å². The molecule has 0 radical (unpaired) electrons. The summed E-state index contributed by atoms with van der Waals surface area (Å²) in [5, 5.41) is 0. The molecule has 0 aliphatic carbocycles. The SMILES string of the molecule is CCCCCCCCCCCCCCC#COOS(=O)(=O)OCCOCC. The molecule has 27 heavy (non-hydrogen) atoms. The molecule has 0 saturated carbocycles. The quantitative estimate of drug-likeness (QED) is 0.126. The molecule has 0 aromatic carbocycles. The monoisotopic (exact) mass is 406 g/mol. The minimum atomic E-state index is -4.19. The van der Waals surface area contributed by atoms with Gasteiger partial charge in [0.15, 0.2) is 6.11 Å². The number of rotatable bonds is 19. The van der Waals surface area contributed by atoms with E-state index in [1.54, 1.807) is 6.92 Å². The maximum Gasteiger partial charge on any atom is 0.436 e. The third-order valence-corrected chi connectivity index (χ3v) is 4.74. The number of hydrogen-bond acceptors (Lipinski definition) is 6. The lowest BCUT2D eigenvalue weighted by Gasteiger charge is -2.02. The van der Waals surface area contributed by atoms with E-state index in [2.05, 4.69) is 32.4 Å². The molecule has 0 rings (SSSR count). The second-order valence-electron chi connectivity index (χ2n) is 6.50. The molecular formula is C20H38O6S. The summed E-state index contributed by atoms with van der Waals surface area (Å²) in [6.07, 6.45) is 18.4. The predicted octanol–water partition coefficient (Wildman–Crippen LogP) is 5.28. The third-order valence-electron chi connectivity index (χ3n) is 4.05. The van der Waals surface area contributed by atoms with Crippen molar-refractivity contribution in [2.45, 2.75) is 97.3 Å². The van der Waals surface area contributed by atoms with Crippen LogP contribution in [0.15, 0.2) is 0 Å². The third kappa shape index (κ3) is 21.3. The van der Waals surface area contributed by atoms with Crippen molar-refractivity contribution < 1.29 is 26.6 Å². The summed E-state index contributed by atoms with van der Waals surface area (Å²) in [6.45, 7) is 4.60. The molecule has 0 bridgehead atoms. The molecule has 0 atom stereocenters. The van der Waals surface area contributed by atoms with Crippen LogP contribution in [0.3, 0.4) is 0 Å². The fourth-order valence-corrected chi connectivity index (χ4v) is 2.98. The van der Waals surface area contributed by atoms with E-state index in [9.17, 15) is 8.42 Å². The molecule has 160 valence electrons. The first kappa shape index (κ1) is 26.2. The van der Waals surface area contributed by atoms with Gasteiger partial charge in [-0.05, 0) is 17.7 Å². The van der Waals surface area contributed by atoms with E-state index in [0.29, 0.717) is 13.0 Å². The molecule has 7 heteroatoms. The topological polar surface area (TPSA) is 71.1 Å². The van der Waals surface area contributed by atoms with E-state index in [0.717, 1.165) is 12.8 Å². The lowest BCUT2D eigenvalue weighted by Crippen LogP contribution is -2.13. The first-order valence-corrected chi connectivity index (χ1v) is 11.8. The highest BCUT2D eigenvalue weighted by Gasteiger charge is 2.12. The van der Waals surface area contributed by atoms with Crippen LogP contribution in [0.5, 0.6) is 0 Å². The Kier molecular flexibility index (Phi) is 19.3. The fourth-order valence-electron chi connectivity index (χ4n) is 2.55. The minimum Gasteiger partial charge on any atom is -0.379 e. The van der Waals surface area contributed by atoms with Crippen LogP contribution in [0.25, 0.3) is 0 Å². The van der Waals surface area contributed by atoms with Crippen LogP contribution >= 0.6 is 0 Å². The molecule has 0 aromatic rings. The second-order valence-corrected chi connectivity index (χ2v) is 7.68. The van der Waals surface area contributed by atoms with Gasteiger partial charge in [-0.2, -0.15) is 8.42 Å². The number of ether oxygens (including phenoxy) is 1. The van der Waals surface area contributed by atoms with Gasteiger partial charge in [0.25, 0.3) is 0 Å². The molecule has 0 aromatic heterocycles. The minimum absolute atomic E-state index is 0.119.